The SMILES string of the molecule is CC1(O)CC(n2ncc(-c3[nH]cc(-c4ccccc4Cl)c3-c3ncccn3)c2C(F)(F)F)C1. The van der Waals surface area contributed by atoms with Gasteiger partial charge in [0, 0.05) is 40.3 Å². The van der Waals surface area contributed by atoms with Crippen molar-refractivity contribution in [3.8, 4) is 33.8 Å². The molecule has 3 aromatic heterocycles. The predicted molar refractivity (Wildman–Crippen MR) is 117 cm³/mol. The first-order valence-corrected chi connectivity index (χ1v) is 10.6. The molecule has 1 aromatic carbocycles. The highest BCUT2D eigenvalue weighted by Gasteiger charge is 2.46. The summed E-state index contributed by atoms with van der Waals surface area (Å²) >= 11 is 6.40. The van der Waals surface area contributed by atoms with Gasteiger partial charge in [0.1, 0.15) is 0 Å². The van der Waals surface area contributed by atoms with Crippen molar-refractivity contribution in [1.29, 1.82) is 0 Å². The molecule has 1 fully saturated rings. The van der Waals surface area contributed by atoms with E-state index in [2.05, 4.69) is 20.1 Å². The van der Waals surface area contributed by atoms with Crippen molar-refractivity contribution in [2.24, 2.45) is 0 Å². The Bertz CT molecular complexity index is 1310. The number of rotatable bonds is 4. The van der Waals surface area contributed by atoms with Crippen molar-refractivity contribution in [1.82, 2.24) is 24.7 Å². The average molecular weight is 474 g/mol. The third-order valence-electron chi connectivity index (χ3n) is 5.86. The molecule has 0 atom stereocenters. The molecule has 0 unspecified atom stereocenters. The number of hydrogen-bond acceptors (Lipinski definition) is 4. The van der Waals surface area contributed by atoms with Crippen LogP contribution in [0.2, 0.25) is 5.02 Å². The molecule has 170 valence electrons. The summed E-state index contributed by atoms with van der Waals surface area (Å²) in [7, 11) is 0. The third kappa shape index (κ3) is 3.81. The van der Waals surface area contributed by atoms with Crippen molar-refractivity contribution >= 4 is 11.6 Å². The van der Waals surface area contributed by atoms with E-state index in [-0.39, 0.29) is 29.9 Å². The molecule has 0 aliphatic heterocycles. The molecule has 1 aliphatic rings. The summed E-state index contributed by atoms with van der Waals surface area (Å²) < 4.78 is 43.8. The highest BCUT2D eigenvalue weighted by molar-refractivity contribution is 6.33. The number of nitrogens with one attached hydrogen (secondary N) is 1. The first-order valence-electron chi connectivity index (χ1n) is 10.3. The van der Waals surface area contributed by atoms with Gasteiger partial charge in [-0.15, -0.1) is 0 Å². The Morgan fingerprint density at radius 3 is 2.42 bits per heavy atom. The lowest BCUT2D eigenvalue weighted by molar-refractivity contribution is -0.148. The molecular weight excluding hydrogens is 455 g/mol. The number of H-pyrrole nitrogens is 1. The predicted octanol–water partition coefficient (Wildman–Crippen LogP) is 5.76. The van der Waals surface area contributed by atoms with Gasteiger partial charge < -0.3 is 10.1 Å². The summed E-state index contributed by atoms with van der Waals surface area (Å²) in [6, 6.07) is 8.15. The van der Waals surface area contributed by atoms with Crippen molar-refractivity contribution in [3.63, 3.8) is 0 Å². The smallest absolute Gasteiger partial charge is 0.390 e. The minimum absolute atomic E-state index is 0.116. The van der Waals surface area contributed by atoms with E-state index in [1.807, 2.05) is 0 Å². The summed E-state index contributed by atoms with van der Waals surface area (Å²) in [5.41, 5.74) is -0.182. The van der Waals surface area contributed by atoms with Gasteiger partial charge in [0.2, 0.25) is 0 Å². The summed E-state index contributed by atoms with van der Waals surface area (Å²) in [4.78, 5) is 11.6. The fraction of sp³-hybridized carbons (Fsp3) is 0.261. The molecule has 1 saturated carbocycles. The van der Waals surface area contributed by atoms with Crippen LogP contribution in [0.25, 0.3) is 33.8 Å². The normalized spacial score (nSPS) is 20.6. The summed E-state index contributed by atoms with van der Waals surface area (Å²) in [5.74, 6) is 0.260. The molecule has 10 heteroatoms. The molecule has 33 heavy (non-hydrogen) atoms. The maximum atomic E-state index is 14.3. The van der Waals surface area contributed by atoms with Crippen molar-refractivity contribution in [3.05, 3.63) is 65.8 Å². The van der Waals surface area contributed by atoms with Crippen LogP contribution in [-0.4, -0.2) is 35.4 Å². The van der Waals surface area contributed by atoms with Crippen molar-refractivity contribution < 1.29 is 18.3 Å². The van der Waals surface area contributed by atoms with Gasteiger partial charge >= 0.3 is 6.18 Å². The molecule has 0 saturated heterocycles. The number of benzene rings is 1. The van der Waals surface area contributed by atoms with Crippen molar-refractivity contribution in [2.45, 2.75) is 37.6 Å². The summed E-state index contributed by atoms with van der Waals surface area (Å²) in [6.45, 7) is 1.60. The van der Waals surface area contributed by atoms with Crippen LogP contribution in [0.3, 0.4) is 0 Å². The van der Waals surface area contributed by atoms with E-state index < -0.39 is 23.5 Å². The molecule has 0 spiro atoms. The Hall–Kier alpha value is -3.17. The fourth-order valence-electron chi connectivity index (χ4n) is 4.42. The number of aliphatic hydroxyl groups is 1. The second kappa shape index (κ2) is 7.71. The lowest BCUT2D eigenvalue weighted by Crippen LogP contribution is -2.43. The minimum atomic E-state index is -4.67. The number of alkyl halides is 3. The lowest BCUT2D eigenvalue weighted by atomic mass is 9.77. The number of aromatic amines is 1. The highest BCUT2D eigenvalue weighted by atomic mass is 35.5. The first kappa shape index (κ1) is 21.7. The minimum Gasteiger partial charge on any atom is -0.390 e. The Labute approximate surface area is 192 Å². The molecule has 0 amide bonds. The Balaban J connectivity index is 1.73. The molecule has 5 rings (SSSR count). The zero-order chi connectivity index (χ0) is 23.4. The number of aromatic nitrogens is 5. The van der Waals surface area contributed by atoms with Crippen LogP contribution in [0, 0.1) is 0 Å². The second-order valence-electron chi connectivity index (χ2n) is 8.41. The fourth-order valence-corrected chi connectivity index (χ4v) is 4.66. The zero-order valence-electron chi connectivity index (χ0n) is 17.4. The highest BCUT2D eigenvalue weighted by Crippen LogP contribution is 2.48. The molecule has 0 radical (unpaired) electrons. The van der Waals surface area contributed by atoms with Gasteiger partial charge in [-0.05, 0) is 31.9 Å². The van der Waals surface area contributed by atoms with E-state index in [1.165, 1.54) is 18.6 Å². The standard InChI is InChI=1S/C23H19ClF3N5O/c1-22(33)9-13(10-22)32-20(23(25,26)27)16(12-31-32)19-18(21-28-7-4-8-29-21)15(11-30-19)14-5-2-3-6-17(14)24/h2-8,11-13,30,33H,9-10H2,1H3. The first-order chi connectivity index (χ1) is 15.7. The summed E-state index contributed by atoms with van der Waals surface area (Å²) in [6.07, 6.45) is 1.58. The quantitative estimate of drug-likeness (QED) is 0.395. The van der Waals surface area contributed by atoms with Gasteiger partial charge in [-0.25, -0.2) is 9.97 Å². The van der Waals surface area contributed by atoms with E-state index >= 15 is 0 Å². The largest absolute Gasteiger partial charge is 0.433 e. The van der Waals surface area contributed by atoms with Crippen LogP contribution in [0.1, 0.15) is 31.5 Å². The molecule has 3 heterocycles. The topological polar surface area (TPSA) is 79.6 Å². The molecule has 4 aromatic rings. The van der Waals surface area contributed by atoms with Gasteiger partial charge in [-0.1, -0.05) is 29.8 Å². The van der Waals surface area contributed by atoms with E-state index in [1.54, 1.807) is 43.5 Å². The van der Waals surface area contributed by atoms with Gasteiger partial charge in [-0.2, -0.15) is 18.3 Å². The van der Waals surface area contributed by atoms with Gasteiger partial charge in [0.15, 0.2) is 11.5 Å². The second-order valence-corrected chi connectivity index (χ2v) is 8.82. The van der Waals surface area contributed by atoms with Crippen LogP contribution in [0.4, 0.5) is 13.2 Å². The Morgan fingerprint density at radius 1 is 1.09 bits per heavy atom. The number of hydrogen-bond donors (Lipinski definition) is 2. The van der Waals surface area contributed by atoms with E-state index in [0.29, 0.717) is 21.7 Å². The van der Waals surface area contributed by atoms with Crippen LogP contribution < -0.4 is 0 Å². The van der Waals surface area contributed by atoms with Gasteiger partial charge in [-0.3, -0.25) is 4.68 Å². The average Bonchev–Trinajstić information content (AvgIpc) is 3.37. The monoisotopic (exact) mass is 473 g/mol. The van der Waals surface area contributed by atoms with Crippen LogP contribution in [-0.2, 0) is 6.18 Å². The number of nitrogens with zero attached hydrogens (tertiary/aromatic N) is 4. The molecular formula is C23H19ClF3N5O. The zero-order valence-corrected chi connectivity index (χ0v) is 18.2. The molecule has 2 N–H and O–H groups in total. The Morgan fingerprint density at radius 2 is 1.79 bits per heavy atom. The van der Waals surface area contributed by atoms with E-state index in [4.69, 9.17) is 11.6 Å². The maximum absolute atomic E-state index is 14.3. The van der Waals surface area contributed by atoms with Crippen LogP contribution in [0.5, 0.6) is 0 Å². The Kier molecular flexibility index (Phi) is 5.06. The molecule has 6 nitrogen and oxygen atoms in total. The lowest BCUT2D eigenvalue weighted by Gasteiger charge is -2.41. The van der Waals surface area contributed by atoms with E-state index in [9.17, 15) is 18.3 Å². The van der Waals surface area contributed by atoms with Gasteiger partial charge in [0.25, 0.3) is 0 Å². The number of halogens is 4. The van der Waals surface area contributed by atoms with Gasteiger partial charge in [0.05, 0.1) is 29.1 Å². The van der Waals surface area contributed by atoms with Crippen LogP contribution in [0.15, 0.2) is 55.1 Å². The molecule has 0 bridgehead atoms. The van der Waals surface area contributed by atoms with Crippen LogP contribution >= 0.6 is 11.6 Å². The maximum Gasteiger partial charge on any atom is 0.433 e. The van der Waals surface area contributed by atoms with Crippen molar-refractivity contribution in [2.75, 3.05) is 0 Å². The summed E-state index contributed by atoms with van der Waals surface area (Å²) in [5, 5.41) is 14.6. The molecule has 1 aliphatic carbocycles. The van der Waals surface area contributed by atoms with E-state index in [0.717, 1.165) is 4.68 Å². The third-order valence-corrected chi connectivity index (χ3v) is 6.19.